The number of methoxy groups -OCH3 is 2. The molecule has 1 saturated heterocycles. The highest BCUT2D eigenvalue weighted by molar-refractivity contribution is 5.96. The number of benzene rings is 2. The number of anilines is 2. The Morgan fingerprint density at radius 3 is 2.35 bits per heavy atom. The van der Waals surface area contributed by atoms with Crippen LogP contribution in [0.15, 0.2) is 42.7 Å². The van der Waals surface area contributed by atoms with Gasteiger partial charge in [-0.05, 0) is 37.1 Å². The lowest BCUT2D eigenvalue weighted by atomic mass is 10.1. The Hall–Kier alpha value is -3.43. The summed E-state index contributed by atoms with van der Waals surface area (Å²) in [6, 6.07) is 11.2. The summed E-state index contributed by atoms with van der Waals surface area (Å²) in [6.45, 7) is 3.29. The van der Waals surface area contributed by atoms with Crippen LogP contribution in [0.1, 0.15) is 23.2 Å². The van der Waals surface area contributed by atoms with Crippen LogP contribution in [0.4, 0.5) is 11.5 Å². The molecule has 1 N–H and O–H groups in total. The van der Waals surface area contributed by atoms with Gasteiger partial charge in [0.05, 0.1) is 18.7 Å². The third-order valence-electron chi connectivity index (χ3n) is 5.56. The van der Waals surface area contributed by atoms with Crippen molar-refractivity contribution in [1.82, 2.24) is 14.9 Å². The first-order valence-corrected chi connectivity index (χ1v) is 11.4. The number of carbonyl (C=O) groups is 1. The SMILES string of the molecule is COCCOc1cc2ncnc(Nc3cccc(C(=O)N4CCCC4)c3)c2cc1OCCOC. The Bertz CT molecular complexity index is 1120. The number of nitrogens with zero attached hydrogens (tertiary/aromatic N) is 3. The van der Waals surface area contributed by atoms with Gasteiger partial charge in [0.1, 0.15) is 25.4 Å². The third-order valence-corrected chi connectivity index (χ3v) is 5.56. The molecule has 0 saturated carbocycles. The Kier molecular flexibility index (Phi) is 8.11. The first-order valence-electron chi connectivity index (χ1n) is 11.4. The van der Waals surface area contributed by atoms with Crippen molar-refractivity contribution in [3.05, 3.63) is 48.3 Å². The number of ether oxygens (including phenoxy) is 4. The first-order chi connectivity index (χ1) is 16.7. The number of nitrogens with one attached hydrogen (secondary N) is 1. The molecule has 0 unspecified atom stereocenters. The number of aromatic nitrogens is 2. The van der Waals surface area contributed by atoms with Crippen LogP contribution in [-0.4, -0.2) is 74.5 Å². The van der Waals surface area contributed by atoms with Gasteiger partial charge >= 0.3 is 0 Å². The monoisotopic (exact) mass is 466 g/mol. The summed E-state index contributed by atoms with van der Waals surface area (Å²) in [6.07, 6.45) is 3.61. The highest BCUT2D eigenvalue weighted by Crippen LogP contribution is 2.35. The standard InChI is InChI=1S/C25H30N4O5/c1-31-10-12-33-22-15-20-21(16-23(22)34-13-11-32-2)26-17-27-24(20)28-19-7-5-6-18(14-19)25(30)29-8-3-4-9-29/h5-7,14-17H,3-4,8-13H2,1-2H3,(H,26,27,28). The molecule has 1 fully saturated rings. The summed E-state index contributed by atoms with van der Waals surface area (Å²) < 4.78 is 21.9. The Balaban J connectivity index is 1.61. The zero-order valence-electron chi connectivity index (χ0n) is 19.6. The topological polar surface area (TPSA) is 95.0 Å². The summed E-state index contributed by atoms with van der Waals surface area (Å²) in [4.78, 5) is 23.5. The molecule has 1 aromatic heterocycles. The van der Waals surface area contributed by atoms with Crippen LogP contribution < -0.4 is 14.8 Å². The van der Waals surface area contributed by atoms with Crippen LogP contribution in [-0.2, 0) is 9.47 Å². The minimum absolute atomic E-state index is 0.0559. The molecule has 180 valence electrons. The normalized spacial score (nSPS) is 13.3. The van der Waals surface area contributed by atoms with E-state index in [0.29, 0.717) is 54.8 Å². The summed E-state index contributed by atoms with van der Waals surface area (Å²) >= 11 is 0. The molecule has 9 heteroatoms. The highest BCUT2D eigenvalue weighted by Gasteiger charge is 2.20. The van der Waals surface area contributed by atoms with E-state index in [4.69, 9.17) is 18.9 Å². The Labute approximate surface area is 199 Å². The smallest absolute Gasteiger partial charge is 0.253 e. The summed E-state index contributed by atoms with van der Waals surface area (Å²) in [5.74, 6) is 1.80. The molecule has 3 aromatic rings. The fraction of sp³-hybridized carbons (Fsp3) is 0.400. The number of amides is 1. The predicted octanol–water partition coefficient (Wildman–Crippen LogP) is 3.66. The van der Waals surface area contributed by atoms with Crippen LogP contribution in [0.5, 0.6) is 11.5 Å². The number of carbonyl (C=O) groups excluding carboxylic acids is 1. The maximum Gasteiger partial charge on any atom is 0.253 e. The average Bonchev–Trinajstić information content (AvgIpc) is 3.40. The zero-order valence-corrected chi connectivity index (χ0v) is 19.6. The van der Waals surface area contributed by atoms with E-state index >= 15 is 0 Å². The van der Waals surface area contributed by atoms with E-state index in [0.717, 1.165) is 37.0 Å². The molecule has 0 spiro atoms. The van der Waals surface area contributed by atoms with E-state index < -0.39 is 0 Å². The van der Waals surface area contributed by atoms with Crippen molar-refractivity contribution in [2.45, 2.75) is 12.8 Å². The van der Waals surface area contributed by atoms with Crippen molar-refractivity contribution in [3.63, 3.8) is 0 Å². The summed E-state index contributed by atoms with van der Waals surface area (Å²) in [5, 5.41) is 4.10. The maximum absolute atomic E-state index is 12.8. The average molecular weight is 467 g/mol. The fourth-order valence-electron chi connectivity index (χ4n) is 3.83. The first kappa shape index (κ1) is 23.7. The number of rotatable bonds is 11. The van der Waals surface area contributed by atoms with Gasteiger partial charge in [-0.2, -0.15) is 0 Å². The van der Waals surface area contributed by atoms with Crippen LogP contribution in [0.3, 0.4) is 0 Å². The quantitative estimate of drug-likeness (QED) is 0.428. The van der Waals surface area contributed by atoms with Crippen molar-refractivity contribution >= 4 is 28.3 Å². The maximum atomic E-state index is 12.8. The summed E-state index contributed by atoms with van der Waals surface area (Å²) in [7, 11) is 3.25. The molecule has 1 amide bonds. The number of likely N-dealkylation sites (tertiary alicyclic amines) is 1. The van der Waals surface area contributed by atoms with E-state index in [-0.39, 0.29) is 5.91 Å². The number of hydrogen-bond acceptors (Lipinski definition) is 8. The molecule has 1 aliphatic rings. The van der Waals surface area contributed by atoms with E-state index in [1.165, 1.54) is 6.33 Å². The van der Waals surface area contributed by atoms with Gasteiger partial charge in [0.25, 0.3) is 5.91 Å². The second kappa shape index (κ2) is 11.6. The lowest BCUT2D eigenvalue weighted by Gasteiger charge is -2.17. The second-order valence-electron chi connectivity index (χ2n) is 7.93. The van der Waals surface area contributed by atoms with Gasteiger partial charge in [0.15, 0.2) is 11.5 Å². The Morgan fingerprint density at radius 1 is 0.941 bits per heavy atom. The molecule has 0 bridgehead atoms. The van der Waals surface area contributed by atoms with Crippen LogP contribution in [0, 0.1) is 0 Å². The van der Waals surface area contributed by atoms with E-state index in [9.17, 15) is 4.79 Å². The third kappa shape index (κ3) is 5.73. The van der Waals surface area contributed by atoms with Gasteiger partial charge in [-0.25, -0.2) is 9.97 Å². The predicted molar refractivity (Wildman–Crippen MR) is 129 cm³/mol. The van der Waals surface area contributed by atoms with Gasteiger partial charge < -0.3 is 29.2 Å². The molecule has 34 heavy (non-hydrogen) atoms. The van der Waals surface area contributed by atoms with Crippen molar-refractivity contribution in [2.24, 2.45) is 0 Å². The molecule has 1 aliphatic heterocycles. The van der Waals surface area contributed by atoms with Gasteiger partial charge in [0.2, 0.25) is 0 Å². The van der Waals surface area contributed by atoms with Crippen molar-refractivity contribution in [3.8, 4) is 11.5 Å². The van der Waals surface area contributed by atoms with Gasteiger partial charge in [-0.15, -0.1) is 0 Å². The number of hydrogen-bond donors (Lipinski definition) is 1. The highest BCUT2D eigenvalue weighted by atomic mass is 16.5. The van der Waals surface area contributed by atoms with E-state index in [1.54, 1.807) is 14.2 Å². The molecular formula is C25H30N4O5. The van der Waals surface area contributed by atoms with E-state index in [2.05, 4.69) is 15.3 Å². The fourth-order valence-corrected chi connectivity index (χ4v) is 3.83. The molecule has 0 radical (unpaired) electrons. The van der Waals surface area contributed by atoms with Gasteiger partial charge in [0, 0.05) is 50.0 Å². The lowest BCUT2D eigenvalue weighted by molar-refractivity contribution is 0.0793. The van der Waals surface area contributed by atoms with Crippen LogP contribution >= 0.6 is 0 Å². The van der Waals surface area contributed by atoms with Crippen LogP contribution in [0.25, 0.3) is 10.9 Å². The molecule has 4 rings (SSSR count). The molecule has 2 aromatic carbocycles. The summed E-state index contributed by atoms with van der Waals surface area (Å²) in [5.41, 5.74) is 2.13. The molecule has 0 atom stereocenters. The molecule has 9 nitrogen and oxygen atoms in total. The molecule has 2 heterocycles. The van der Waals surface area contributed by atoms with E-state index in [1.807, 2.05) is 41.3 Å². The lowest BCUT2D eigenvalue weighted by Crippen LogP contribution is -2.27. The molecule has 0 aliphatic carbocycles. The van der Waals surface area contributed by atoms with Gasteiger partial charge in [-0.3, -0.25) is 4.79 Å². The molecular weight excluding hydrogens is 436 g/mol. The number of fused-ring (bicyclic) bond motifs is 1. The van der Waals surface area contributed by atoms with Crippen molar-refractivity contribution in [2.75, 3.05) is 59.1 Å². The van der Waals surface area contributed by atoms with Crippen molar-refractivity contribution < 1.29 is 23.7 Å². The Morgan fingerprint density at radius 2 is 1.65 bits per heavy atom. The van der Waals surface area contributed by atoms with Crippen molar-refractivity contribution in [1.29, 1.82) is 0 Å². The van der Waals surface area contributed by atoms with Crippen LogP contribution in [0.2, 0.25) is 0 Å². The zero-order chi connectivity index (χ0) is 23.8. The minimum atomic E-state index is 0.0559. The largest absolute Gasteiger partial charge is 0.487 e. The second-order valence-corrected chi connectivity index (χ2v) is 7.93. The van der Waals surface area contributed by atoms with Gasteiger partial charge in [-0.1, -0.05) is 6.07 Å². The minimum Gasteiger partial charge on any atom is -0.487 e.